The van der Waals surface area contributed by atoms with Gasteiger partial charge in [-0.15, -0.1) is 0 Å². The van der Waals surface area contributed by atoms with Crippen LogP contribution in [0.3, 0.4) is 0 Å². The molecule has 3 atom stereocenters. The molecule has 3 fully saturated rings. The summed E-state index contributed by atoms with van der Waals surface area (Å²) < 4.78 is 26.3. The Hall–Kier alpha value is -2.59. The van der Waals surface area contributed by atoms with Gasteiger partial charge in [-0.05, 0) is 68.9 Å². The van der Waals surface area contributed by atoms with E-state index >= 15 is 0 Å². The lowest BCUT2D eigenvalue weighted by molar-refractivity contribution is -0.180. The molecule has 1 saturated carbocycles. The summed E-state index contributed by atoms with van der Waals surface area (Å²) in [5.74, 6) is -1.25. The van der Waals surface area contributed by atoms with Gasteiger partial charge in [0.05, 0.1) is 23.7 Å². The molecule has 11 heteroatoms. The molecule has 3 aliphatic heterocycles. The molecule has 2 aromatic rings. The third kappa shape index (κ3) is 5.02. The molecule has 0 aromatic heterocycles. The molecule has 3 heterocycles. The molecule has 1 aliphatic carbocycles. The molecule has 8 nitrogen and oxygen atoms in total. The van der Waals surface area contributed by atoms with Crippen LogP contribution in [0.4, 0.5) is 10.1 Å². The average Bonchev–Trinajstić information content (AvgIpc) is 3.79. The fourth-order valence-electron chi connectivity index (χ4n) is 6.53. The van der Waals surface area contributed by atoms with Crippen molar-refractivity contribution < 1.29 is 28.6 Å². The molecule has 40 heavy (non-hydrogen) atoms. The van der Waals surface area contributed by atoms with E-state index in [1.807, 2.05) is 0 Å². The summed E-state index contributed by atoms with van der Waals surface area (Å²) in [6.07, 6.45) is 3.45. The number of aromatic carboxylic acids is 1. The highest BCUT2D eigenvalue weighted by molar-refractivity contribution is 6.35. The minimum atomic E-state index is -1.27. The predicted octanol–water partition coefficient (Wildman–Crippen LogP) is 5.05. The minimum absolute atomic E-state index is 0.0288. The van der Waals surface area contributed by atoms with Crippen molar-refractivity contribution in [3.8, 4) is 5.75 Å². The highest BCUT2D eigenvalue weighted by Crippen LogP contribution is 2.49. The van der Waals surface area contributed by atoms with Crippen LogP contribution in [0.2, 0.25) is 10.0 Å². The van der Waals surface area contributed by atoms with Gasteiger partial charge in [0, 0.05) is 48.0 Å². The summed E-state index contributed by atoms with van der Waals surface area (Å²) in [5.41, 5.74) is 0.342. The van der Waals surface area contributed by atoms with E-state index in [2.05, 4.69) is 16.7 Å². The molecule has 214 valence electrons. The van der Waals surface area contributed by atoms with E-state index in [4.69, 9.17) is 32.7 Å². The van der Waals surface area contributed by atoms with Gasteiger partial charge >= 0.3 is 5.97 Å². The third-order valence-electron chi connectivity index (χ3n) is 8.77. The number of fused-ring (bicyclic) bond motifs is 1. The summed E-state index contributed by atoms with van der Waals surface area (Å²) >= 11 is 12.5. The number of carboxylic acid groups (broad SMARTS) is 1. The van der Waals surface area contributed by atoms with Crippen molar-refractivity contribution in [1.82, 2.24) is 9.80 Å². The fourth-order valence-corrected chi connectivity index (χ4v) is 7.12. The highest BCUT2D eigenvalue weighted by atomic mass is 35.5. The number of ether oxygens (including phenoxy) is 2. The highest BCUT2D eigenvalue weighted by Gasteiger charge is 2.56. The van der Waals surface area contributed by atoms with E-state index in [9.17, 15) is 19.1 Å². The number of hydrogen-bond acceptors (Lipinski definition) is 6. The quantitative estimate of drug-likeness (QED) is 0.521. The maximum absolute atomic E-state index is 13.9. The molecular weight excluding hydrogens is 560 g/mol. The number of halogens is 3. The van der Waals surface area contributed by atoms with E-state index in [1.165, 1.54) is 12.1 Å². The first-order valence-corrected chi connectivity index (χ1v) is 14.5. The third-order valence-corrected chi connectivity index (χ3v) is 9.27. The maximum Gasteiger partial charge on any atom is 0.338 e. The zero-order valence-corrected chi connectivity index (χ0v) is 23.8. The van der Waals surface area contributed by atoms with Gasteiger partial charge in [-0.2, -0.15) is 0 Å². The first-order chi connectivity index (χ1) is 19.2. The van der Waals surface area contributed by atoms with Crippen LogP contribution in [-0.2, 0) is 16.1 Å². The summed E-state index contributed by atoms with van der Waals surface area (Å²) in [6.45, 7) is 5.27. The number of nitrogens with zero attached hydrogens (tertiary/aromatic N) is 3. The van der Waals surface area contributed by atoms with Crippen LogP contribution in [0.15, 0.2) is 30.3 Å². The lowest BCUT2D eigenvalue weighted by atomic mass is 9.85. The van der Waals surface area contributed by atoms with Crippen LogP contribution < -0.4 is 9.64 Å². The Morgan fingerprint density at radius 2 is 1.93 bits per heavy atom. The van der Waals surface area contributed by atoms with Gasteiger partial charge in [-0.3, -0.25) is 9.69 Å². The second-order valence-electron chi connectivity index (χ2n) is 11.3. The molecular formula is C29H32Cl2FN3O5. The second kappa shape index (κ2) is 10.7. The van der Waals surface area contributed by atoms with Crippen molar-refractivity contribution >= 4 is 40.8 Å². The first kappa shape index (κ1) is 27.6. The second-order valence-corrected chi connectivity index (χ2v) is 12.2. The van der Waals surface area contributed by atoms with Crippen LogP contribution in [0.1, 0.15) is 48.5 Å². The number of amides is 1. The van der Waals surface area contributed by atoms with Crippen LogP contribution in [0.5, 0.6) is 5.75 Å². The van der Waals surface area contributed by atoms with Crippen molar-refractivity contribution in [3.63, 3.8) is 0 Å². The van der Waals surface area contributed by atoms with E-state index < -0.39 is 17.4 Å². The van der Waals surface area contributed by atoms with Crippen LogP contribution in [0.25, 0.3) is 0 Å². The van der Waals surface area contributed by atoms with E-state index in [1.54, 1.807) is 23.1 Å². The van der Waals surface area contributed by atoms with Crippen molar-refractivity contribution in [2.45, 2.75) is 56.8 Å². The topological polar surface area (TPSA) is 82.6 Å². The number of carbonyl (C=O) groups is 2. The maximum atomic E-state index is 13.9. The molecule has 0 bridgehead atoms. The molecule has 2 unspecified atom stereocenters. The van der Waals surface area contributed by atoms with Gasteiger partial charge in [-0.25, -0.2) is 9.18 Å². The van der Waals surface area contributed by atoms with Crippen molar-refractivity contribution in [2.75, 3.05) is 37.9 Å². The Labute approximate surface area is 242 Å². The first-order valence-electron chi connectivity index (χ1n) is 13.7. The van der Waals surface area contributed by atoms with Crippen LogP contribution >= 0.6 is 23.2 Å². The summed E-state index contributed by atoms with van der Waals surface area (Å²) in [4.78, 5) is 31.6. The van der Waals surface area contributed by atoms with Crippen molar-refractivity contribution in [3.05, 3.63) is 57.3 Å². The molecule has 6 rings (SSSR count). The van der Waals surface area contributed by atoms with Gasteiger partial charge in [0.2, 0.25) is 0 Å². The number of carbonyl (C=O) groups excluding carboxylic acids is 1. The van der Waals surface area contributed by atoms with Gasteiger partial charge in [0.15, 0.2) is 6.73 Å². The standard InChI is InChI=1S/C29H32Cl2FN3O5/c1-17-13-33(8-9-35(17)21-4-5-25(32)23(12-21)27(36)37)22-6-7-29(40-15-22,19-2-3-19)28(38)34-14-18-10-20(30)11-24(31)26(18)39-16-34/h4-5,10-12,17,19,22H,2-3,6-9,13-16H2,1H3,(H,36,37)/t17?,22?,29-/m0/s1. The molecule has 4 aliphatic rings. The summed E-state index contributed by atoms with van der Waals surface area (Å²) in [5, 5.41) is 10.3. The van der Waals surface area contributed by atoms with E-state index in [-0.39, 0.29) is 36.2 Å². The Morgan fingerprint density at radius 3 is 2.60 bits per heavy atom. The van der Waals surface area contributed by atoms with E-state index in [0.29, 0.717) is 47.6 Å². The fraction of sp³-hybridized carbons (Fsp3) is 0.517. The molecule has 0 radical (unpaired) electrons. The molecule has 2 aromatic carbocycles. The SMILES string of the molecule is CC1CN(C2CC[C@@](C(=O)N3COc4c(Cl)cc(Cl)cc4C3)(C3CC3)OC2)CCN1c1ccc(F)c(C(=O)O)c1. The smallest absolute Gasteiger partial charge is 0.338 e. The molecule has 2 saturated heterocycles. The van der Waals surface area contributed by atoms with Crippen LogP contribution in [-0.4, -0.2) is 77.4 Å². The number of benzene rings is 2. The van der Waals surface area contributed by atoms with Crippen molar-refractivity contribution in [2.24, 2.45) is 5.92 Å². The number of anilines is 1. The Kier molecular flexibility index (Phi) is 7.36. The number of carboxylic acids is 1. The molecule has 1 N–H and O–H groups in total. The number of hydrogen-bond donors (Lipinski definition) is 1. The minimum Gasteiger partial charge on any atom is -0.478 e. The zero-order valence-electron chi connectivity index (χ0n) is 22.2. The average molecular weight is 592 g/mol. The number of piperazine rings is 1. The lowest BCUT2D eigenvalue weighted by Crippen LogP contribution is -2.61. The number of rotatable bonds is 5. The Bertz CT molecular complexity index is 1330. The van der Waals surface area contributed by atoms with Crippen LogP contribution in [0, 0.1) is 11.7 Å². The monoisotopic (exact) mass is 591 g/mol. The van der Waals surface area contributed by atoms with Gasteiger partial charge in [-0.1, -0.05) is 23.2 Å². The van der Waals surface area contributed by atoms with E-state index in [0.717, 1.165) is 37.9 Å². The normalized spacial score (nSPS) is 27.2. The molecule has 1 amide bonds. The predicted molar refractivity (Wildman–Crippen MR) is 149 cm³/mol. The Balaban J connectivity index is 1.10. The molecule has 0 spiro atoms. The van der Waals surface area contributed by atoms with Crippen molar-refractivity contribution in [1.29, 1.82) is 0 Å². The summed E-state index contributed by atoms with van der Waals surface area (Å²) in [7, 11) is 0. The van der Waals surface area contributed by atoms with Gasteiger partial charge in [0.25, 0.3) is 5.91 Å². The van der Waals surface area contributed by atoms with Gasteiger partial charge < -0.3 is 24.4 Å². The Morgan fingerprint density at radius 1 is 1.12 bits per heavy atom. The summed E-state index contributed by atoms with van der Waals surface area (Å²) in [6, 6.07) is 7.98. The largest absolute Gasteiger partial charge is 0.478 e. The van der Waals surface area contributed by atoms with Gasteiger partial charge in [0.1, 0.15) is 17.2 Å². The lowest BCUT2D eigenvalue weighted by Gasteiger charge is -2.48. The zero-order chi connectivity index (χ0) is 28.2.